The van der Waals surface area contributed by atoms with E-state index >= 15 is 0 Å². The molecule has 4 nitrogen and oxygen atoms in total. The van der Waals surface area contributed by atoms with Gasteiger partial charge in [-0.2, -0.15) is 0 Å². The Kier molecular flexibility index (Phi) is 5.05. The van der Waals surface area contributed by atoms with Crippen LogP contribution in [0.3, 0.4) is 0 Å². The standard InChI is InChI=1S/C11H22N2O2/c1-9(2)7-10-8-12-4-6-13(10)5-3-11(14)15/h9-10,12H,3-8H2,1-2H3,(H,14,15). The van der Waals surface area contributed by atoms with Crippen molar-refractivity contribution < 1.29 is 9.90 Å². The van der Waals surface area contributed by atoms with Crippen LogP contribution < -0.4 is 5.32 Å². The van der Waals surface area contributed by atoms with Crippen molar-refractivity contribution >= 4 is 5.97 Å². The Bertz CT molecular complexity index is 207. The summed E-state index contributed by atoms with van der Waals surface area (Å²) in [5.41, 5.74) is 0. The molecule has 1 saturated heterocycles. The first kappa shape index (κ1) is 12.5. The number of nitrogens with zero attached hydrogens (tertiary/aromatic N) is 1. The van der Waals surface area contributed by atoms with Crippen LogP contribution in [0.4, 0.5) is 0 Å². The molecule has 1 unspecified atom stereocenters. The summed E-state index contributed by atoms with van der Waals surface area (Å²) in [4.78, 5) is 12.8. The Balaban J connectivity index is 2.38. The molecular weight excluding hydrogens is 192 g/mol. The molecule has 0 aromatic carbocycles. The van der Waals surface area contributed by atoms with Crippen molar-refractivity contribution in [2.45, 2.75) is 32.7 Å². The first-order valence-electron chi connectivity index (χ1n) is 5.76. The number of rotatable bonds is 5. The molecule has 0 amide bonds. The average molecular weight is 214 g/mol. The maximum Gasteiger partial charge on any atom is 0.304 e. The molecule has 0 aromatic rings. The van der Waals surface area contributed by atoms with E-state index < -0.39 is 5.97 Å². The van der Waals surface area contributed by atoms with Crippen molar-refractivity contribution in [1.82, 2.24) is 10.2 Å². The monoisotopic (exact) mass is 214 g/mol. The molecule has 1 heterocycles. The summed E-state index contributed by atoms with van der Waals surface area (Å²) in [5, 5.41) is 12.0. The van der Waals surface area contributed by atoms with Crippen molar-refractivity contribution in [3.8, 4) is 0 Å². The van der Waals surface area contributed by atoms with E-state index in [9.17, 15) is 4.79 Å². The molecule has 0 bridgehead atoms. The third-order valence-corrected chi connectivity index (χ3v) is 2.83. The molecule has 2 N–H and O–H groups in total. The average Bonchev–Trinajstić information content (AvgIpc) is 2.15. The Morgan fingerprint density at radius 1 is 1.60 bits per heavy atom. The zero-order valence-electron chi connectivity index (χ0n) is 9.70. The topological polar surface area (TPSA) is 52.6 Å². The highest BCUT2D eigenvalue weighted by atomic mass is 16.4. The molecular formula is C11H22N2O2. The van der Waals surface area contributed by atoms with Crippen molar-refractivity contribution in [3.05, 3.63) is 0 Å². The van der Waals surface area contributed by atoms with Gasteiger partial charge in [0.25, 0.3) is 0 Å². The van der Waals surface area contributed by atoms with E-state index in [1.54, 1.807) is 0 Å². The summed E-state index contributed by atoms with van der Waals surface area (Å²) >= 11 is 0. The molecule has 15 heavy (non-hydrogen) atoms. The number of aliphatic carboxylic acids is 1. The fraction of sp³-hybridized carbons (Fsp3) is 0.909. The lowest BCUT2D eigenvalue weighted by Crippen LogP contribution is -2.52. The highest BCUT2D eigenvalue weighted by Gasteiger charge is 2.22. The van der Waals surface area contributed by atoms with E-state index in [0.29, 0.717) is 18.5 Å². The molecule has 1 atom stereocenters. The summed E-state index contributed by atoms with van der Waals surface area (Å²) in [6.45, 7) is 8.07. The molecule has 0 aliphatic carbocycles. The van der Waals surface area contributed by atoms with Crippen molar-refractivity contribution in [2.24, 2.45) is 5.92 Å². The van der Waals surface area contributed by atoms with Gasteiger partial charge in [-0.3, -0.25) is 9.69 Å². The van der Waals surface area contributed by atoms with Gasteiger partial charge in [0.05, 0.1) is 6.42 Å². The van der Waals surface area contributed by atoms with E-state index in [1.807, 2.05) is 0 Å². The van der Waals surface area contributed by atoms with Crippen LogP contribution in [0, 0.1) is 5.92 Å². The van der Waals surface area contributed by atoms with Crippen LogP contribution in [0.15, 0.2) is 0 Å². The fourth-order valence-electron chi connectivity index (χ4n) is 2.11. The van der Waals surface area contributed by atoms with Gasteiger partial charge in [0, 0.05) is 32.2 Å². The van der Waals surface area contributed by atoms with Gasteiger partial charge < -0.3 is 10.4 Å². The first-order chi connectivity index (χ1) is 7.09. The quantitative estimate of drug-likeness (QED) is 0.710. The van der Waals surface area contributed by atoms with Crippen LogP contribution in [-0.2, 0) is 4.79 Å². The van der Waals surface area contributed by atoms with E-state index in [0.717, 1.165) is 26.1 Å². The number of carbonyl (C=O) groups is 1. The molecule has 1 aliphatic rings. The summed E-state index contributed by atoms with van der Waals surface area (Å²) < 4.78 is 0. The zero-order chi connectivity index (χ0) is 11.3. The normalized spacial score (nSPS) is 23.3. The van der Waals surface area contributed by atoms with Gasteiger partial charge in [-0.15, -0.1) is 0 Å². The molecule has 0 spiro atoms. The highest BCUT2D eigenvalue weighted by Crippen LogP contribution is 2.13. The highest BCUT2D eigenvalue weighted by molar-refractivity contribution is 5.66. The minimum Gasteiger partial charge on any atom is -0.481 e. The van der Waals surface area contributed by atoms with E-state index in [2.05, 4.69) is 24.1 Å². The Morgan fingerprint density at radius 2 is 2.33 bits per heavy atom. The Morgan fingerprint density at radius 3 is 2.93 bits per heavy atom. The van der Waals surface area contributed by atoms with Gasteiger partial charge in [-0.1, -0.05) is 13.8 Å². The van der Waals surface area contributed by atoms with Crippen molar-refractivity contribution in [1.29, 1.82) is 0 Å². The SMILES string of the molecule is CC(C)CC1CNCCN1CCC(=O)O. The van der Waals surface area contributed by atoms with Gasteiger partial charge in [0.2, 0.25) is 0 Å². The second-order valence-corrected chi connectivity index (χ2v) is 4.67. The first-order valence-corrected chi connectivity index (χ1v) is 5.76. The maximum atomic E-state index is 10.5. The number of hydrogen-bond donors (Lipinski definition) is 2. The van der Waals surface area contributed by atoms with Gasteiger partial charge >= 0.3 is 5.97 Å². The summed E-state index contributed by atoms with van der Waals surface area (Å²) in [7, 11) is 0. The van der Waals surface area contributed by atoms with Crippen LogP contribution in [0.25, 0.3) is 0 Å². The third kappa shape index (κ3) is 4.62. The smallest absolute Gasteiger partial charge is 0.304 e. The number of piperazine rings is 1. The van der Waals surface area contributed by atoms with Crippen LogP contribution in [0.5, 0.6) is 0 Å². The molecule has 0 saturated carbocycles. The molecule has 88 valence electrons. The summed E-state index contributed by atoms with van der Waals surface area (Å²) in [6.07, 6.45) is 1.40. The van der Waals surface area contributed by atoms with Gasteiger partial charge in [-0.25, -0.2) is 0 Å². The molecule has 4 heteroatoms. The van der Waals surface area contributed by atoms with Gasteiger partial charge in [-0.05, 0) is 12.3 Å². The van der Waals surface area contributed by atoms with Crippen molar-refractivity contribution in [3.63, 3.8) is 0 Å². The number of nitrogens with one attached hydrogen (secondary N) is 1. The van der Waals surface area contributed by atoms with Gasteiger partial charge in [0.1, 0.15) is 0 Å². The van der Waals surface area contributed by atoms with E-state index in [4.69, 9.17) is 5.11 Å². The second kappa shape index (κ2) is 6.08. The Labute approximate surface area is 91.6 Å². The lowest BCUT2D eigenvalue weighted by molar-refractivity contribution is -0.137. The number of hydrogen-bond acceptors (Lipinski definition) is 3. The Hall–Kier alpha value is -0.610. The predicted molar refractivity (Wildman–Crippen MR) is 59.9 cm³/mol. The second-order valence-electron chi connectivity index (χ2n) is 4.67. The van der Waals surface area contributed by atoms with Crippen molar-refractivity contribution in [2.75, 3.05) is 26.2 Å². The van der Waals surface area contributed by atoms with Crippen LogP contribution >= 0.6 is 0 Å². The molecule has 0 radical (unpaired) electrons. The molecule has 1 aliphatic heterocycles. The molecule has 1 fully saturated rings. The van der Waals surface area contributed by atoms with Crippen LogP contribution in [0.1, 0.15) is 26.7 Å². The minimum absolute atomic E-state index is 0.259. The predicted octanol–water partition coefficient (Wildman–Crippen LogP) is 0.781. The number of carboxylic acid groups (broad SMARTS) is 1. The van der Waals surface area contributed by atoms with Crippen LogP contribution in [0.2, 0.25) is 0 Å². The van der Waals surface area contributed by atoms with Gasteiger partial charge in [0.15, 0.2) is 0 Å². The lowest BCUT2D eigenvalue weighted by atomic mass is 10.0. The largest absolute Gasteiger partial charge is 0.481 e. The molecule has 1 rings (SSSR count). The third-order valence-electron chi connectivity index (χ3n) is 2.83. The molecule has 0 aromatic heterocycles. The maximum absolute atomic E-state index is 10.5. The van der Waals surface area contributed by atoms with Crippen LogP contribution in [-0.4, -0.2) is 48.2 Å². The minimum atomic E-state index is -0.697. The number of carboxylic acids is 1. The lowest BCUT2D eigenvalue weighted by Gasteiger charge is -2.36. The van der Waals surface area contributed by atoms with E-state index in [1.165, 1.54) is 0 Å². The summed E-state index contributed by atoms with van der Waals surface area (Å²) in [6, 6.07) is 0.512. The zero-order valence-corrected chi connectivity index (χ0v) is 9.70. The fourth-order valence-corrected chi connectivity index (χ4v) is 2.11. The summed E-state index contributed by atoms with van der Waals surface area (Å²) in [5.74, 6) is -0.0287. The van der Waals surface area contributed by atoms with E-state index in [-0.39, 0.29) is 6.42 Å².